The second kappa shape index (κ2) is 19.6. The maximum atomic E-state index is 12.3. The van der Waals surface area contributed by atoms with Gasteiger partial charge in [-0.2, -0.15) is 0 Å². The molecule has 0 radical (unpaired) electrons. The third-order valence-corrected chi connectivity index (χ3v) is 20.4. The van der Waals surface area contributed by atoms with Crippen LogP contribution >= 0.6 is 0 Å². The van der Waals surface area contributed by atoms with Gasteiger partial charge in [-0.15, -0.1) is 0 Å². The monoisotopic (exact) mass is 1040 g/mol. The van der Waals surface area contributed by atoms with E-state index in [2.05, 4.69) is 47.6 Å². The summed E-state index contributed by atoms with van der Waals surface area (Å²) in [5.41, 5.74) is -0.717. The van der Waals surface area contributed by atoms with Crippen LogP contribution in [-0.4, -0.2) is 217 Å². The average molecular weight is 1050 g/mol. The van der Waals surface area contributed by atoms with Gasteiger partial charge in [0.15, 0.2) is 30.9 Å². The SMILES string of the molecule is CC(C)=C[C@@H]1C[C@](C)(O)[C@@H]2[C@H]3CC[C@@H]4[C@@]5(C)CC[C@H](O[C@@H]6OC[C@H](O)[C@H](O[C@@H]7O[C@H](CO)[C@@H](O)[C@H](O)[C@H]7O[C@@H]7OC[C@@H](O)[C@H](O)[C@H]7O)[C@H]6O[C@@H]6O[C@@H](C)[C@H](O)[C@@H](O)[C@H]6O)C(C)(C)[C@@H]5CC[C@@]4(C)[C@@]34CO[C@@]2(C4)O1. The minimum Gasteiger partial charge on any atom is -0.394 e. The number of hydrogen-bond acceptors (Lipinski definition) is 21. The summed E-state index contributed by atoms with van der Waals surface area (Å²) in [7, 11) is 0. The van der Waals surface area contributed by atoms with Crippen LogP contribution in [0.15, 0.2) is 11.6 Å². The lowest BCUT2D eigenvalue weighted by atomic mass is 9.35. The highest BCUT2D eigenvalue weighted by Gasteiger charge is 2.81. The highest BCUT2D eigenvalue weighted by Crippen LogP contribution is 2.80. The fourth-order valence-electron chi connectivity index (χ4n) is 16.9. The van der Waals surface area contributed by atoms with Gasteiger partial charge in [0.2, 0.25) is 0 Å². The third-order valence-electron chi connectivity index (χ3n) is 20.4. The molecule has 73 heavy (non-hydrogen) atoms. The number of aliphatic hydroxyl groups is 11. The first-order chi connectivity index (χ1) is 34.2. The second-order valence-corrected chi connectivity index (χ2v) is 25.3. The lowest BCUT2D eigenvalue weighted by Gasteiger charge is -2.70. The fraction of sp³-hybridized carbons (Fsp3) is 0.962. The van der Waals surface area contributed by atoms with Crippen molar-refractivity contribution in [1.82, 2.24) is 0 Å². The number of rotatable bonds is 10. The predicted octanol–water partition coefficient (Wildman–Crippen LogP) is -0.542. The van der Waals surface area contributed by atoms with Crippen LogP contribution in [-0.2, 0) is 47.4 Å². The van der Waals surface area contributed by atoms with Gasteiger partial charge in [0.05, 0.1) is 50.3 Å². The van der Waals surface area contributed by atoms with Gasteiger partial charge in [-0.25, -0.2) is 0 Å². The first-order valence-corrected chi connectivity index (χ1v) is 26.8. The van der Waals surface area contributed by atoms with Crippen molar-refractivity contribution in [3.8, 4) is 0 Å². The van der Waals surface area contributed by atoms with Crippen molar-refractivity contribution in [2.45, 2.75) is 241 Å². The van der Waals surface area contributed by atoms with Crippen molar-refractivity contribution in [3.63, 3.8) is 0 Å². The average Bonchev–Trinajstić information content (AvgIpc) is 3.85. The van der Waals surface area contributed by atoms with Gasteiger partial charge in [-0.3, -0.25) is 0 Å². The zero-order valence-corrected chi connectivity index (χ0v) is 43.4. The zero-order chi connectivity index (χ0) is 52.7. The molecule has 4 saturated carbocycles. The molecule has 6 aliphatic heterocycles. The lowest BCUT2D eigenvalue weighted by molar-refractivity contribution is -0.399. The van der Waals surface area contributed by atoms with Crippen molar-refractivity contribution < 1.29 is 104 Å². The standard InChI is InChI=1S/C52H84O21/c1-22(2)15-24-16-50(8,63)42-25-9-10-30-48(6)13-12-31(47(4,5)29(48)11-14-49(30,7)51(25)20-52(42,73-24)66-21-51)69-45-41(72-44-38(62)35(59)32(56)23(3)67-44)39(27(55)19-65-45)70-46-40(36(60)34(58)28(17-53)68-46)71-43-37(61)33(57)26(54)18-64-43/h15,23-46,53-63H,9-14,16-21H2,1-8H3/t23-,24+,25+,26+,27-,28+,29-,30+,31-,32-,33-,34+,35+,36-,37+,38+,39-,40+,41+,42-,43-,44-,45-,46-,48-,49+,50-,51-,52-/m0/s1. The highest BCUT2D eigenvalue weighted by molar-refractivity contribution is 5.27. The molecule has 10 aliphatic rings. The van der Waals surface area contributed by atoms with Gasteiger partial charge < -0.3 is 104 Å². The van der Waals surface area contributed by atoms with Crippen LogP contribution in [0, 0.1) is 45.3 Å². The van der Waals surface area contributed by atoms with E-state index in [1.165, 1.54) is 6.92 Å². The Morgan fingerprint density at radius 2 is 1.32 bits per heavy atom. The molecule has 4 aliphatic carbocycles. The molecule has 0 aromatic rings. The summed E-state index contributed by atoms with van der Waals surface area (Å²) >= 11 is 0. The van der Waals surface area contributed by atoms with Crippen molar-refractivity contribution in [3.05, 3.63) is 11.6 Å². The molecule has 0 amide bonds. The molecule has 6 heterocycles. The second-order valence-electron chi connectivity index (χ2n) is 25.3. The van der Waals surface area contributed by atoms with Crippen LogP contribution in [0.25, 0.3) is 0 Å². The Balaban J connectivity index is 0.919. The molecule has 21 nitrogen and oxygen atoms in total. The molecule has 6 saturated heterocycles. The Morgan fingerprint density at radius 1 is 0.644 bits per heavy atom. The van der Waals surface area contributed by atoms with Gasteiger partial charge in [0, 0.05) is 24.2 Å². The number of fused-ring (bicyclic) bond motifs is 4. The van der Waals surface area contributed by atoms with E-state index >= 15 is 0 Å². The third kappa shape index (κ3) is 8.77. The fourth-order valence-corrected chi connectivity index (χ4v) is 16.9. The van der Waals surface area contributed by atoms with Crippen molar-refractivity contribution in [2.24, 2.45) is 45.3 Å². The van der Waals surface area contributed by atoms with Crippen LogP contribution in [0.2, 0.25) is 0 Å². The summed E-state index contributed by atoms with van der Waals surface area (Å²) in [6.07, 6.45) is -20.8. The van der Waals surface area contributed by atoms with Crippen LogP contribution in [0.1, 0.15) is 107 Å². The summed E-state index contributed by atoms with van der Waals surface area (Å²) < 4.78 is 63.4. The van der Waals surface area contributed by atoms with E-state index in [0.29, 0.717) is 25.4 Å². The van der Waals surface area contributed by atoms with E-state index in [1.807, 2.05) is 6.92 Å². The summed E-state index contributed by atoms with van der Waals surface area (Å²) in [6, 6.07) is 0. The van der Waals surface area contributed by atoms with Crippen molar-refractivity contribution in [2.75, 3.05) is 26.4 Å². The molecule has 11 N–H and O–H groups in total. The first-order valence-electron chi connectivity index (χ1n) is 26.8. The summed E-state index contributed by atoms with van der Waals surface area (Å²) in [6.45, 7) is 15.9. The van der Waals surface area contributed by atoms with Gasteiger partial charge in [-0.1, -0.05) is 39.3 Å². The topological polar surface area (TPSA) is 315 Å². The molecule has 2 spiro atoms. The Kier molecular flexibility index (Phi) is 14.8. The lowest BCUT2D eigenvalue weighted by Crippen LogP contribution is -2.68. The minimum absolute atomic E-state index is 0.108. The van der Waals surface area contributed by atoms with E-state index in [4.69, 9.17) is 47.4 Å². The first kappa shape index (κ1) is 55.2. The number of hydrogen-bond donors (Lipinski definition) is 11. The van der Waals surface area contributed by atoms with E-state index in [0.717, 1.165) is 44.1 Å². The van der Waals surface area contributed by atoms with E-state index in [9.17, 15) is 56.2 Å². The van der Waals surface area contributed by atoms with Crippen molar-refractivity contribution >= 4 is 0 Å². The Hall–Kier alpha value is -1.10. The summed E-state index contributed by atoms with van der Waals surface area (Å²) in [5.74, 6) is -0.230. The molecule has 0 aromatic carbocycles. The molecule has 29 atom stereocenters. The van der Waals surface area contributed by atoms with Gasteiger partial charge >= 0.3 is 0 Å². The maximum absolute atomic E-state index is 12.3. The normalized spacial score (nSPS) is 57.5. The Labute approximate surface area is 426 Å². The summed E-state index contributed by atoms with van der Waals surface area (Å²) in [4.78, 5) is 0. The van der Waals surface area contributed by atoms with E-state index < -0.39 is 147 Å². The van der Waals surface area contributed by atoms with E-state index in [-0.39, 0.29) is 46.7 Å². The zero-order valence-electron chi connectivity index (χ0n) is 43.4. The maximum Gasteiger partial charge on any atom is 0.187 e. The number of ether oxygens (including phenoxy) is 10. The predicted molar refractivity (Wildman–Crippen MR) is 250 cm³/mol. The van der Waals surface area contributed by atoms with Crippen LogP contribution in [0.3, 0.4) is 0 Å². The molecule has 10 fully saturated rings. The smallest absolute Gasteiger partial charge is 0.187 e. The summed E-state index contributed by atoms with van der Waals surface area (Å²) in [5, 5.41) is 121. The molecular formula is C52H84O21. The van der Waals surface area contributed by atoms with E-state index in [1.54, 1.807) is 0 Å². The quantitative estimate of drug-likeness (QED) is 0.0967. The van der Waals surface area contributed by atoms with Crippen LogP contribution < -0.4 is 0 Å². The largest absolute Gasteiger partial charge is 0.394 e. The van der Waals surface area contributed by atoms with Gasteiger partial charge in [0.25, 0.3) is 0 Å². The van der Waals surface area contributed by atoms with Gasteiger partial charge in [-0.05, 0) is 100 Å². The number of aliphatic hydroxyl groups excluding tert-OH is 10. The molecule has 21 heteroatoms. The van der Waals surface area contributed by atoms with Crippen LogP contribution in [0.5, 0.6) is 0 Å². The highest BCUT2D eigenvalue weighted by atomic mass is 16.8. The molecular weight excluding hydrogens is 961 g/mol. The Bertz CT molecular complexity index is 2010. The Morgan fingerprint density at radius 3 is 2.03 bits per heavy atom. The molecule has 0 unspecified atom stereocenters. The molecule has 418 valence electrons. The molecule has 0 aromatic heterocycles. The van der Waals surface area contributed by atoms with Crippen LogP contribution in [0.4, 0.5) is 0 Å². The number of allylic oxidation sites excluding steroid dienone is 1. The van der Waals surface area contributed by atoms with Crippen molar-refractivity contribution in [1.29, 1.82) is 0 Å². The molecule has 10 rings (SSSR count). The molecule has 2 bridgehead atoms. The minimum atomic E-state index is -1.87. The van der Waals surface area contributed by atoms with Gasteiger partial charge in [0.1, 0.15) is 79.4 Å².